The average Bonchev–Trinajstić information content (AvgIpc) is 2.70. The molecule has 4 heteroatoms. The fraction of sp³-hybridized carbons (Fsp3) is 1.00. The molecule has 3 unspecified atom stereocenters. The fourth-order valence-electron chi connectivity index (χ4n) is 2.05. The Morgan fingerprint density at radius 3 is 2.59 bits per heavy atom. The Balaban J connectivity index is 2.10. The van der Waals surface area contributed by atoms with Gasteiger partial charge in [0.2, 0.25) is 0 Å². The van der Waals surface area contributed by atoms with Crippen LogP contribution >= 0.6 is 0 Å². The molecule has 1 saturated carbocycles. The molecule has 3 atom stereocenters. The summed E-state index contributed by atoms with van der Waals surface area (Å²) in [5, 5.41) is 13.1. The molecule has 0 aromatic heterocycles. The highest BCUT2D eigenvalue weighted by molar-refractivity contribution is 4.81. The molecule has 0 aromatic rings. The molecule has 0 amide bonds. The first kappa shape index (κ1) is 14.9. The van der Waals surface area contributed by atoms with Gasteiger partial charge in [0.25, 0.3) is 0 Å². The van der Waals surface area contributed by atoms with Crippen LogP contribution < -0.4 is 5.32 Å². The summed E-state index contributed by atoms with van der Waals surface area (Å²) in [6.45, 7) is 6.96. The van der Waals surface area contributed by atoms with E-state index >= 15 is 0 Å². The van der Waals surface area contributed by atoms with Crippen LogP contribution in [0.2, 0.25) is 0 Å². The number of rotatable bonds is 6. The Morgan fingerprint density at radius 1 is 1.35 bits per heavy atom. The monoisotopic (exact) mass is 245 g/mol. The first-order valence-corrected chi connectivity index (χ1v) is 6.49. The van der Waals surface area contributed by atoms with E-state index < -0.39 is 6.10 Å². The van der Waals surface area contributed by atoms with Crippen molar-refractivity contribution in [3.8, 4) is 0 Å². The van der Waals surface area contributed by atoms with Crippen molar-refractivity contribution in [3.63, 3.8) is 0 Å². The number of methoxy groups -OCH3 is 1. The van der Waals surface area contributed by atoms with Gasteiger partial charge in [-0.3, -0.25) is 0 Å². The van der Waals surface area contributed by atoms with Crippen molar-refractivity contribution in [1.29, 1.82) is 0 Å². The molecule has 1 fully saturated rings. The number of ether oxygens (including phenoxy) is 2. The molecule has 0 aliphatic heterocycles. The minimum absolute atomic E-state index is 0.185. The molecule has 0 heterocycles. The summed E-state index contributed by atoms with van der Waals surface area (Å²) in [6, 6.07) is 0.476. The Hall–Kier alpha value is -0.160. The number of hydrogen-bond donors (Lipinski definition) is 2. The zero-order valence-electron chi connectivity index (χ0n) is 11.5. The molecular formula is C13H27NO3. The lowest BCUT2D eigenvalue weighted by Gasteiger charge is -2.23. The summed E-state index contributed by atoms with van der Waals surface area (Å²) in [4.78, 5) is 0. The van der Waals surface area contributed by atoms with Crippen molar-refractivity contribution in [1.82, 2.24) is 5.32 Å². The van der Waals surface area contributed by atoms with Crippen molar-refractivity contribution in [2.24, 2.45) is 0 Å². The Labute approximate surface area is 105 Å². The summed E-state index contributed by atoms with van der Waals surface area (Å²) in [7, 11) is 1.76. The van der Waals surface area contributed by atoms with Crippen LogP contribution in [0, 0.1) is 0 Å². The molecular weight excluding hydrogens is 218 g/mol. The van der Waals surface area contributed by atoms with Crippen LogP contribution in [0.3, 0.4) is 0 Å². The molecule has 0 bridgehead atoms. The normalized spacial score (nSPS) is 27.4. The molecule has 102 valence electrons. The Kier molecular flexibility index (Phi) is 5.86. The predicted molar refractivity (Wildman–Crippen MR) is 68.2 cm³/mol. The molecule has 1 rings (SSSR count). The molecule has 17 heavy (non-hydrogen) atoms. The second kappa shape index (κ2) is 6.69. The molecule has 0 aromatic carbocycles. The van der Waals surface area contributed by atoms with Gasteiger partial charge >= 0.3 is 0 Å². The van der Waals surface area contributed by atoms with E-state index in [1.165, 1.54) is 0 Å². The summed E-state index contributed by atoms with van der Waals surface area (Å²) < 4.78 is 10.8. The number of aliphatic hydroxyl groups excluding tert-OH is 1. The van der Waals surface area contributed by atoms with Crippen molar-refractivity contribution < 1.29 is 14.6 Å². The zero-order valence-corrected chi connectivity index (χ0v) is 11.5. The maximum absolute atomic E-state index is 9.78. The molecule has 0 saturated heterocycles. The van der Waals surface area contributed by atoms with Crippen molar-refractivity contribution in [2.45, 2.75) is 63.9 Å². The molecule has 1 aliphatic rings. The number of aliphatic hydroxyl groups is 1. The minimum Gasteiger partial charge on any atom is -0.389 e. The van der Waals surface area contributed by atoms with E-state index in [-0.39, 0.29) is 5.60 Å². The maximum Gasteiger partial charge on any atom is 0.0898 e. The van der Waals surface area contributed by atoms with Gasteiger partial charge in [-0.2, -0.15) is 0 Å². The second-order valence-electron chi connectivity index (χ2n) is 5.85. The average molecular weight is 245 g/mol. The van der Waals surface area contributed by atoms with Crippen molar-refractivity contribution in [2.75, 3.05) is 20.3 Å². The van der Waals surface area contributed by atoms with E-state index in [0.29, 0.717) is 25.3 Å². The van der Waals surface area contributed by atoms with Gasteiger partial charge in [0.05, 0.1) is 24.4 Å². The summed E-state index contributed by atoms with van der Waals surface area (Å²) in [5.74, 6) is 0. The van der Waals surface area contributed by atoms with E-state index in [9.17, 15) is 5.11 Å². The molecule has 4 nitrogen and oxygen atoms in total. The van der Waals surface area contributed by atoms with Crippen LogP contribution in [0.1, 0.15) is 40.0 Å². The largest absolute Gasteiger partial charge is 0.389 e. The van der Waals surface area contributed by atoms with Crippen molar-refractivity contribution >= 4 is 0 Å². The van der Waals surface area contributed by atoms with Gasteiger partial charge in [-0.05, 0) is 40.0 Å². The highest BCUT2D eigenvalue weighted by atomic mass is 16.5. The predicted octanol–water partition coefficient (Wildman–Crippen LogP) is 1.32. The number of nitrogens with one attached hydrogen (secondary N) is 1. The van der Waals surface area contributed by atoms with E-state index in [2.05, 4.69) is 5.32 Å². The lowest BCUT2D eigenvalue weighted by Crippen LogP contribution is -2.38. The smallest absolute Gasteiger partial charge is 0.0898 e. The first-order chi connectivity index (χ1) is 7.90. The van der Waals surface area contributed by atoms with E-state index in [0.717, 1.165) is 19.3 Å². The highest BCUT2D eigenvalue weighted by Crippen LogP contribution is 2.21. The molecule has 1 aliphatic carbocycles. The third-order valence-corrected chi connectivity index (χ3v) is 3.07. The van der Waals surface area contributed by atoms with Crippen LogP contribution in [-0.4, -0.2) is 49.2 Å². The maximum atomic E-state index is 9.78. The Morgan fingerprint density at radius 2 is 2.06 bits per heavy atom. The van der Waals surface area contributed by atoms with E-state index in [1.54, 1.807) is 7.11 Å². The standard InChI is InChI=1S/C13H27NO3/c1-13(2,3)17-9-11(15)8-14-10-5-6-12(7-10)16-4/h10-12,14-15H,5-9H2,1-4H3. The minimum atomic E-state index is -0.434. The van der Waals surface area contributed by atoms with Gasteiger partial charge in [-0.1, -0.05) is 0 Å². The SMILES string of the molecule is COC1CCC(NCC(O)COC(C)(C)C)C1. The van der Waals surface area contributed by atoms with Gasteiger partial charge in [0, 0.05) is 19.7 Å². The lowest BCUT2D eigenvalue weighted by molar-refractivity contribution is -0.0483. The topological polar surface area (TPSA) is 50.7 Å². The van der Waals surface area contributed by atoms with Crippen LogP contribution in [-0.2, 0) is 9.47 Å². The molecule has 0 radical (unpaired) electrons. The van der Waals surface area contributed by atoms with E-state index in [1.807, 2.05) is 20.8 Å². The summed E-state index contributed by atoms with van der Waals surface area (Å²) in [5.41, 5.74) is -0.185. The molecule has 2 N–H and O–H groups in total. The first-order valence-electron chi connectivity index (χ1n) is 6.49. The van der Waals surface area contributed by atoms with Crippen LogP contribution in [0.4, 0.5) is 0 Å². The highest BCUT2D eigenvalue weighted by Gasteiger charge is 2.24. The summed E-state index contributed by atoms with van der Waals surface area (Å²) in [6.07, 6.45) is 3.24. The second-order valence-corrected chi connectivity index (χ2v) is 5.85. The summed E-state index contributed by atoms with van der Waals surface area (Å²) >= 11 is 0. The Bertz CT molecular complexity index is 215. The fourth-order valence-corrected chi connectivity index (χ4v) is 2.05. The number of hydrogen-bond acceptors (Lipinski definition) is 4. The zero-order chi connectivity index (χ0) is 12.9. The van der Waals surface area contributed by atoms with Gasteiger partial charge < -0.3 is 19.9 Å². The quantitative estimate of drug-likeness (QED) is 0.741. The van der Waals surface area contributed by atoms with Crippen LogP contribution in [0.5, 0.6) is 0 Å². The van der Waals surface area contributed by atoms with Gasteiger partial charge in [-0.15, -0.1) is 0 Å². The van der Waals surface area contributed by atoms with E-state index in [4.69, 9.17) is 9.47 Å². The third-order valence-electron chi connectivity index (χ3n) is 3.07. The van der Waals surface area contributed by atoms with Gasteiger partial charge in [0.15, 0.2) is 0 Å². The van der Waals surface area contributed by atoms with Crippen molar-refractivity contribution in [3.05, 3.63) is 0 Å². The van der Waals surface area contributed by atoms with Gasteiger partial charge in [0.1, 0.15) is 0 Å². The van der Waals surface area contributed by atoms with Crippen LogP contribution in [0.25, 0.3) is 0 Å². The van der Waals surface area contributed by atoms with Crippen LogP contribution in [0.15, 0.2) is 0 Å². The third kappa shape index (κ3) is 6.36. The molecule has 0 spiro atoms. The van der Waals surface area contributed by atoms with Gasteiger partial charge in [-0.25, -0.2) is 0 Å². The lowest BCUT2D eigenvalue weighted by atomic mass is 10.2.